The van der Waals surface area contributed by atoms with Gasteiger partial charge in [0.15, 0.2) is 5.78 Å². The Morgan fingerprint density at radius 1 is 1.14 bits per heavy atom. The van der Waals surface area contributed by atoms with E-state index < -0.39 is 0 Å². The van der Waals surface area contributed by atoms with E-state index in [0.29, 0.717) is 23.8 Å². The van der Waals surface area contributed by atoms with Crippen LogP contribution < -0.4 is 0 Å². The summed E-state index contributed by atoms with van der Waals surface area (Å²) in [6, 6.07) is 0. The zero-order valence-electron chi connectivity index (χ0n) is 12.7. The van der Waals surface area contributed by atoms with Crippen LogP contribution in [-0.4, -0.2) is 64.5 Å². The van der Waals surface area contributed by atoms with E-state index in [0.717, 1.165) is 26.2 Å². The van der Waals surface area contributed by atoms with Crippen molar-refractivity contribution in [2.75, 3.05) is 33.2 Å². The fourth-order valence-corrected chi connectivity index (χ4v) is 3.52. The van der Waals surface area contributed by atoms with Crippen LogP contribution in [0.5, 0.6) is 0 Å². The van der Waals surface area contributed by atoms with Gasteiger partial charge in [-0.05, 0) is 18.9 Å². The van der Waals surface area contributed by atoms with Crippen LogP contribution in [0, 0.1) is 11.8 Å². The molecular weight excluding hydrogens is 268 g/mol. The number of hydrogen-bond donors (Lipinski definition) is 0. The van der Waals surface area contributed by atoms with E-state index in [1.165, 1.54) is 0 Å². The number of carbonyl (C=O) groups excluding carboxylic acids is 2. The molecule has 1 aromatic heterocycles. The standard InChI is InChI=1S/C15H22N4O2/c1-17-6-12-9-19(10-13(12)7-17)15(21)4-3-14(20)11-5-16-18(2)8-11/h5,8,12-13H,3-4,6-7,9-10H2,1-2H3/t12-,13+. The predicted octanol–water partition coefficient (Wildman–Crippen LogP) is 0.403. The van der Waals surface area contributed by atoms with Crippen molar-refractivity contribution in [2.24, 2.45) is 18.9 Å². The summed E-state index contributed by atoms with van der Waals surface area (Å²) in [5.41, 5.74) is 0.588. The highest BCUT2D eigenvalue weighted by Crippen LogP contribution is 2.30. The van der Waals surface area contributed by atoms with Crippen molar-refractivity contribution in [3.8, 4) is 0 Å². The molecule has 0 unspecified atom stereocenters. The van der Waals surface area contributed by atoms with Crippen LogP contribution >= 0.6 is 0 Å². The van der Waals surface area contributed by atoms with E-state index in [-0.39, 0.29) is 18.1 Å². The maximum atomic E-state index is 12.2. The van der Waals surface area contributed by atoms with E-state index in [1.807, 2.05) is 4.90 Å². The van der Waals surface area contributed by atoms with E-state index >= 15 is 0 Å². The van der Waals surface area contributed by atoms with Gasteiger partial charge >= 0.3 is 0 Å². The maximum Gasteiger partial charge on any atom is 0.223 e. The smallest absolute Gasteiger partial charge is 0.223 e. The second-order valence-electron chi connectivity index (χ2n) is 6.37. The molecule has 2 aliphatic heterocycles. The second kappa shape index (κ2) is 5.60. The third-order valence-electron chi connectivity index (χ3n) is 4.61. The van der Waals surface area contributed by atoms with Crippen molar-refractivity contribution < 1.29 is 9.59 Å². The topological polar surface area (TPSA) is 58.4 Å². The van der Waals surface area contributed by atoms with Crippen molar-refractivity contribution >= 4 is 11.7 Å². The molecule has 0 bridgehead atoms. The summed E-state index contributed by atoms with van der Waals surface area (Å²) in [5.74, 6) is 1.35. The number of likely N-dealkylation sites (tertiary alicyclic amines) is 2. The normalized spacial score (nSPS) is 25.3. The Bertz CT molecular complexity index is 540. The lowest BCUT2D eigenvalue weighted by molar-refractivity contribution is -0.130. The summed E-state index contributed by atoms with van der Waals surface area (Å²) < 4.78 is 1.60. The summed E-state index contributed by atoms with van der Waals surface area (Å²) in [7, 11) is 3.92. The molecule has 3 heterocycles. The van der Waals surface area contributed by atoms with Crippen molar-refractivity contribution in [2.45, 2.75) is 12.8 Å². The highest BCUT2D eigenvalue weighted by molar-refractivity contribution is 5.97. The van der Waals surface area contributed by atoms with Gasteiger partial charge in [0, 0.05) is 52.3 Å². The fourth-order valence-electron chi connectivity index (χ4n) is 3.52. The summed E-state index contributed by atoms with van der Waals surface area (Å²) in [6.07, 6.45) is 3.84. The Hall–Kier alpha value is -1.69. The maximum absolute atomic E-state index is 12.2. The zero-order chi connectivity index (χ0) is 15.0. The average molecular weight is 290 g/mol. The molecule has 0 aromatic carbocycles. The van der Waals surface area contributed by atoms with Gasteiger partial charge in [-0.3, -0.25) is 14.3 Å². The summed E-state index contributed by atoms with van der Waals surface area (Å²) in [4.78, 5) is 28.5. The highest BCUT2D eigenvalue weighted by atomic mass is 16.2. The first-order valence-electron chi connectivity index (χ1n) is 7.51. The quantitative estimate of drug-likeness (QED) is 0.753. The minimum Gasteiger partial charge on any atom is -0.342 e. The fraction of sp³-hybridized carbons (Fsp3) is 0.667. The van der Waals surface area contributed by atoms with Gasteiger partial charge in [-0.2, -0.15) is 5.10 Å². The minimum atomic E-state index is -0.00410. The lowest BCUT2D eigenvalue weighted by atomic mass is 10.0. The van der Waals surface area contributed by atoms with Crippen LogP contribution in [0.1, 0.15) is 23.2 Å². The first-order valence-corrected chi connectivity index (χ1v) is 7.51. The molecule has 2 aliphatic rings. The molecule has 6 nitrogen and oxygen atoms in total. The van der Waals surface area contributed by atoms with Crippen LogP contribution in [0.2, 0.25) is 0 Å². The lowest BCUT2D eigenvalue weighted by Gasteiger charge is -2.19. The molecule has 1 aromatic rings. The van der Waals surface area contributed by atoms with Crippen molar-refractivity contribution in [1.29, 1.82) is 0 Å². The summed E-state index contributed by atoms with van der Waals surface area (Å²) in [6.45, 7) is 3.88. The molecule has 0 radical (unpaired) electrons. The van der Waals surface area contributed by atoms with Gasteiger partial charge in [0.2, 0.25) is 5.91 Å². The number of aryl methyl sites for hydroxylation is 1. The zero-order valence-corrected chi connectivity index (χ0v) is 12.7. The molecule has 0 aliphatic carbocycles. The van der Waals surface area contributed by atoms with E-state index in [1.54, 1.807) is 24.1 Å². The van der Waals surface area contributed by atoms with Crippen LogP contribution in [-0.2, 0) is 11.8 Å². The molecule has 1 amide bonds. The van der Waals surface area contributed by atoms with Crippen molar-refractivity contribution in [3.05, 3.63) is 18.0 Å². The summed E-state index contributed by atoms with van der Waals surface area (Å²) >= 11 is 0. The number of fused-ring (bicyclic) bond motifs is 1. The van der Waals surface area contributed by atoms with Gasteiger partial charge in [0.1, 0.15) is 0 Å². The van der Waals surface area contributed by atoms with E-state index in [2.05, 4.69) is 17.0 Å². The Morgan fingerprint density at radius 3 is 2.38 bits per heavy atom. The molecule has 21 heavy (non-hydrogen) atoms. The SMILES string of the molecule is CN1C[C@@H]2CN(C(=O)CCC(=O)c3cnn(C)c3)C[C@@H]2C1. The van der Waals surface area contributed by atoms with Gasteiger partial charge in [-0.15, -0.1) is 0 Å². The Labute approximate surface area is 124 Å². The predicted molar refractivity (Wildman–Crippen MR) is 77.8 cm³/mol. The van der Waals surface area contributed by atoms with E-state index in [9.17, 15) is 9.59 Å². The van der Waals surface area contributed by atoms with E-state index in [4.69, 9.17) is 0 Å². The van der Waals surface area contributed by atoms with Crippen molar-refractivity contribution in [3.63, 3.8) is 0 Å². The number of carbonyl (C=O) groups is 2. The third kappa shape index (κ3) is 3.00. The van der Waals surface area contributed by atoms with Gasteiger partial charge in [0.25, 0.3) is 0 Å². The second-order valence-corrected chi connectivity index (χ2v) is 6.37. The van der Waals surface area contributed by atoms with Gasteiger partial charge in [-0.25, -0.2) is 0 Å². The van der Waals surface area contributed by atoms with Crippen LogP contribution in [0.3, 0.4) is 0 Å². The number of rotatable bonds is 4. The number of nitrogens with zero attached hydrogens (tertiary/aromatic N) is 4. The first-order chi connectivity index (χ1) is 10.0. The molecule has 3 rings (SSSR count). The van der Waals surface area contributed by atoms with Gasteiger partial charge in [0.05, 0.1) is 11.8 Å². The molecular formula is C15H22N4O2. The number of amides is 1. The molecule has 2 saturated heterocycles. The van der Waals surface area contributed by atoms with Crippen LogP contribution in [0.4, 0.5) is 0 Å². The molecule has 114 valence electrons. The molecule has 2 fully saturated rings. The molecule has 0 N–H and O–H groups in total. The molecule has 0 spiro atoms. The number of ketones is 1. The largest absolute Gasteiger partial charge is 0.342 e. The summed E-state index contributed by atoms with van der Waals surface area (Å²) in [5, 5.41) is 3.98. The van der Waals surface area contributed by atoms with Crippen molar-refractivity contribution in [1.82, 2.24) is 19.6 Å². The monoisotopic (exact) mass is 290 g/mol. The minimum absolute atomic E-state index is 0.00410. The lowest BCUT2D eigenvalue weighted by Crippen LogP contribution is -2.32. The number of Topliss-reactive ketones (excluding diaryl/α,β-unsaturated/α-hetero) is 1. The van der Waals surface area contributed by atoms with Gasteiger partial charge in [-0.1, -0.05) is 0 Å². The first kappa shape index (κ1) is 14.3. The highest BCUT2D eigenvalue weighted by Gasteiger charge is 2.40. The molecule has 2 atom stereocenters. The van der Waals surface area contributed by atoms with Crippen LogP contribution in [0.25, 0.3) is 0 Å². The average Bonchev–Trinajstić information content (AvgIpc) is 3.09. The number of hydrogen-bond acceptors (Lipinski definition) is 4. The number of aromatic nitrogens is 2. The Morgan fingerprint density at radius 2 is 1.81 bits per heavy atom. The Balaban J connectivity index is 1.48. The Kier molecular flexibility index (Phi) is 3.80. The van der Waals surface area contributed by atoms with Crippen LogP contribution in [0.15, 0.2) is 12.4 Å². The molecule has 6 heteroatoms. The third-order valence-corrected chi connectivity index (χ3v) is 4.61. The van der Waals surface area contributed by atoms with Gasteiger partial charge < -0.3 is 9.80 Å². The molecule has 0 saturated carbocycles.